The summed E-state index contributed by atoms with van der Waals surface area (Å²) in [7, 11) is 0. The Bertz CT molecular complexity index is 156. The van der Waals surface area contributed by atoms with Gasteiger partial charge in [-0.1, -0.05) is 6.92 Å². The lowest BCUT2D eigenvalue weighted by Gasteiger charge is -2.53. The molecule has 3 heteroatoms. The van der Waals surface area contributed by atoms with Crippen LogP contribution in [0, 0.1) is 5.41 Å². The van der Waals surface area contributed by atoms with Gasteiger partial charge in [0.15, 0.2) is 0 Å². The van der Waals surface area contributed by atoms with Crippen LogP contribution in [0.4, 0.5) is 0 Å². The second-order valence-corrected chi connectivity index (χ2v) is 3.80. The average Bonchev–Trinajstić information content (AvgIpc) is 1.98. The molecule has 3 unspecified atom stereocenters. The van der Waals surface area contributed by atoms with E-state index in [-0.39, 0.29) is 24.2 Å². The maximum Gasteiger partial charge on any atom is 0.0937 e. The van der Waals surface area contributed by atoms with Crippen molar-refractivity contribution in [3.63, 3.8) is 0 Å². The Morgan fingerprint density at radius 3 is 2.50 bits per heavy atom. The molecule has 0 aliphatic carbocycles. The third kappa shape index (κ3) is 1.00. The first kappa shape index (κ1) is 8.48. The largest absolute Gasteiger partial charge is 0.396 e. The Labute approximate surface area is 72.7 Å². The number of aliphatic hydroxyl groups is 1. The average molecular weight is 172 g/mol. The van der Waals surface area contributed by atoms with Crippen LogP contribution in [0.2, 0.25) is 0 Å². The van der Waals surface area contributed by atoms with Crippen LogP contribution in [0.1, 0.15) is 19.8 Å². The minimum Gasteiger partial charge on any atom is -0.396 e. The topological polar surface area (TPSA) is 38.7 Å². The minimum atomic E-state index is 0.00505. The van der Waals surface area contributed by atoms with E-state index in [0.717, 1.165) is 19.4 Å². The number of hydrogen-bond acceptors (Lipinski definition) is 3. The molecule has 0 aromatic heterocycles. The Morgan fingerprint density at radius 1 is 1.50 bits per heavy atom. The predicted molar refractivity (Wildman–Crippen MR) is 43.9 cm³/mol. The van der Waals surface area contributed by atoms with E-state index in [1.165, 1.54) is 0 Å². The van der Waals surface area contributed by atoms with Crippen LogP contribution >= 0.6 is 0 Å². The van der Waals surface area contributed by atoms with E-state index in [1.807, 2.05) is 0 Å². The van der Waals surface area contributed by atoms with Gasteiger partial charge in [0.2, 0.25) is 0 Å². The predicted octanol–water partition coefficient (Wildman–Crippen LogP) is 0.563. The molecule has 0 bridgehead atoms. The van der Waals surface area contributed by atoms with Gasteiger partial charge >= 0.3 is 0 Å². The van der Waals surface area contributed by atoms with Gasteiger partial charge in [-0.2, -0.15) is 0 Å². The summed E-state index contributed by atoms with van der Waals surface area (Å²) >= 11 is 0. The maximum atomic E-state index is 9.24. The molecule has 2 heterocycles. The zero-order chi connectivity index (χ0) is 8.60. The molecule has 70 valence electrons. The Kier molecular flexibility index (Phi) is 2.10. The molecule has 2 aliphatic heterocycles. The van der Waals surface area contributed by atoms with Crippen molar-refractivity contribution in [3.8, 4) is 0 Å². The van der Waals surface area contributed by atoms with Crippen LogP contribution in [-0.4, -0.2) is 37.1 Å². The van der Waals surface area contributed by atoms with Gasteiger partial charge in [-0.05, 0) is 12.8 Å². The lowest BCUT2D eigenvalue weighted by molar-refractivity contribution is -0.274. The van der Waals surface area contributed by atoms with Crippen molar-refractivity contribution in [1.82, 2.24) is 0 Å². The normalized spacial score (nSPS) is 46.5. The summed E-state index contributed by atoms with van der Waals surface area (Å²) in [6.45, 7) is 3.89. The molecule has 2 saturated heterocycles. The number of aliphatic hydroxyl groups excluding tert-OH is 1. The molecule has 2 rings (SSSR count). The van der Waals surface area contributed by atoms with E-state index in [4.69, 9.17) is 9.47 Å². The summed E-state index contributed by atoms with van der Waals surface area (Å²) in [4.78, 5) is 0. The molecule has 0 aromatic rings. The van der Waals surface area contributed by atoms with Gasteiger partial charge in [0.1, 0.15) is 0 Å². The molecule has 3 atom stereocenters. The Morgan fingerprint density at radius 2 is 2.25 bits per heavy atom. The van der Waals surface area contributed by atoms with Crippen molar-refractivity contribution in [2.75, 3.05) is 19.8 Å². The summed E-state index contributed by atoms with van der Waals surface area (Å²) in [6, 6.07) is 0. The smallest absolute Gasteiger partial charge is 0.0937 e. The van der Waals surface area contributed by atoms with Crippen molar-refractivity contribution < 1.29 is 14.6 Å². The molecule has 12 heavy (non-hydrogen) atoms. The van der Waals surface area contributed by atoms with E-state index >= 15 is 0 Å². The highest BCUT2D eigenvalue weighted by Crippen LogP contribution is 2.42. The van der Waals surface area contributed by atoms with Crippen LogP contribution in [0.25, 0.3) is 0 Å². The van der Waals surface area contributed by atoms with Crippen molar-refractivity contribution in [2.24, 2.45) is 5.41 Å². The van der Waals surface area contributed by atoms with Gasteiger partial charge < -0.3 is 14.6 Å². The second-order valence-electron chi connectivity index (χ2n) is 3.80. The third-order valence-electron chi connectivity index (χ3n) is 3.24. The molecule has 1 N–H and O–H groups in total. The summed E-state index contributed by atoms with van der Waals surface area (Å²) in [5.41, 5.74) is 0.00505. The molecule has 0 radical (unpaired) electrons. The van der Waals surface area contributed by atoms with Gasteiger partial charge in [0.05, 0.1) is 25.4 Å². The Hall–Kier alpha value is -0.120. The first-order valence-corrected chi connectivity index (χ1v) is 4.66. The molecule has 2 aliphatic rings. The Balaban J connectivity index is 1.97. The molecule has 2 fully saturated rings. The van der Waals surface area contributed by atoms with Crippen LogP contribution in [0.3, 0.4) is 0 Å². The maximum absolute atomic E-state index is 9.24. The summed E-state index contributed by atoms with van der Waals surface area (Å²) in [5, 5.41) is 9.24. The highest BCUT2D eigenvalue weighted by atomic mass is 16.6. The zero-order valence-electron chi connectivity index (χ0n) is 7.45. The van der Waals surface area contributed by atoms with E-state index in [1.54, 1.807) is 0 Å². The van der Waals surface area contributed by atoms with Crippen molar-refractivity contribution >= 4 is 0 Å². The second kappa shape index (κ2) is 2.98. The standard InChI is InChI=1S/C9H16O3/c1-2-9(5-10)6-12-8(9)7-3-4-11-7/h7-8,10H,2-6H2,1H3. The van der Waals surface area contributed by atoms with E-state index < -0.39 is 0 Å². The molecule has 0 amide bonds. The molecule has 0 saturated carbocycles. The summed E-state index contributed by atoms with van der Waals surface area (Å²) in [6.07, 6.45) is 2.48. The SMILES string of the molecule is CCC1(CO)COC1C1CCO1. The summed E-state index contributed by atoms with van der Waals surface area (Å²) in [5.74, 6) is 0. The lowest BCUT2D eigenvalue weighted by Crippen LogP contribution is -2.62. The van der Waals surface area contributed by atoms with Crippen LogP contribution in [0.15, 0.2) is 0 Å². The zero-order valence-corrected chi connectivity index (χ0v) is 7.45. The van der Waals surface area contributed by atoms with Crippen molar-refractivity contribution in [2.45, 2.75) is 32.0 Å². The van der Waals surface area contributed by atoms with Crippen molar-refractivity contribution in [1.29, 1.82) is 0 Å². The molecular weight excluding hydrogens is 156 g/mol. The van der Waals surface area contributed by atoms with Gasteiger partial charge in [0.25, 0.3) is 0 Å². The van der Waals surface area contributed by atoms with Gasteiger partial charge in [-0.3, -0.25) is 0 Å². The fraction of sp³-hybridized carbons (Fsp3) is 1.00. The first-order valence-electron chi connectivity index (χ1n) is 4.66. The first-order chi connectivity index (χ1) is 5.82. The monoisotopic (exact) mass is 172 g/mol. The molecule has 0 aromatic carbocycles. The number of ether oxygens (including phenoxy) is 2. The molecule has 0 spiro atoms. The molecular formula is C9H16O3. The molecule has 3 nitrogen and oxygen atoms in total. The minimum absolute atomic E-state index is 0.00505. The summed E-state index contributed by atoms with van der Waals surface area (Å²) < 4.78 is 10.8. The highest BCUT2D eigenvalue weighted by molar-refractivity contribution is 4.99. The number of rotatable bonds is 3. The van der Waals surface area contributed by atoms with E-state index in [9.17, 15) is 5.11 Å². The van der Waals surface area contributed by atoms with Crippen LogP contribution in [0.5, 0.6) is 0 Å². The highest BCUT2D eigenvalue weighted by Gasteiger charge is 2.52. The fourth-order valence-corrected chi connectivity index (χ4v) is 1.96. The fourth-order valence-electron chi connectivity index (χ4n) is 1.96. The van der Waals surface area contributed by atoms with Crippen LogP contribution in [-0.2, 0) is 9.47 Å². The quantitative estimate of drug-likeness (QED) is 0.676. The van der Waals surface area contributed by atoms with Gasteiger partial charge in [-0.15, -0.1) is 0 Å². The third-order valence-corrected chi connectivity index (χ3v) is 3.24. The van der Waals surface area contributed by atoms with Gasteiger partial charge in [-0.25, -0.2) is 0 Å². The lowest BCUT2D eigenvalue weighted by atomic mass is 9.73. The number of hydrogen-bond donors (Lipinski definition) is 1. The van der Waals surface area contributed by atoms with E-state index in [0.29, 0.717) is 6.61 Å². The van der Waals surface area contributed by atoms with E-state index in [2.05, 4.69) is 6.92 Å². The van der Waals surface area contributed by atoms with Gasteiger partial charge in [0, 0.05) is 12.0 Å². The van der Waals surface area contributed by atoms with Crippen LogP contribution < -0.4 is 0 Å². The van der Waals surface area contributed by atoms with Crippen molar-refractivity contribution in [3.05, 3.63) is 0 Å².